The van der Waals surface area contributed by atoms with E-state index in [0.717, 1.165) is 4.31 Å². The molecule has 5 rings (SSSR count). The van der Waals surface area contributed by atoms with Crippen LogP contribution in [-0.4, -0.2) is 64.5 Å². The van der Waals surface area contributed by atoms with Crippen molar-refractivity contribution in [1.29, 1.82) is 0 Å². The van der Waals surface area contributed by atoms with Gasteiger partial charge in [0.1, 0.15) is 16.4 Å². The number of rotatable bonds is 8. The largest absolute Gasteiger partial charge is 0.497 e. The summed E-state index contributed by atoms with van der Waals surface area (Å²) in [7, 11) is -0.384. The third kappa shape index (κ3) is 4.05. The van der Waals surface area contributed by atoms with Crippen molar-refractivity contribution >= 4 is 39.1 Å². The molecular weight excluding hydrogens is 560 g/mol. The lowest BCUT2D eigenvalue weighted by molar-refractivity contribution is -0.127. The molecule has 0 spiro atoms. The highest BCUT2D eigenvalue weighted by atomic mass is 35.5. The number of pyridine rings is 1. The molecule has 2 N–H and O–H groups in total. The number of ether oxygens (including phenoxy) is 3. The molecule has 2 aliphatic rings. The van der Waals surface area contributed by atoms with Gasteiger partial charge in [0, 0.05) is 41.5 Å². The monoisotopic (exact) mass is 586 g/mol. The Labute approximate surface area is 236 Å². The molecule has 1 aromatic heterocycles. The summed E-state index contributed by atoms with van der Waals surface area (Å²) in [5, 5.41) is 0.283. The first-order valence-corrected chi connectivity index (χ1v) is 14.1. The second-order valence-corrected chi connectivity index (χ2v) is 11.5. The summed E-state index contributed by atoms with van der Waals surface area (Å²) >= 11 is 6.45. The maximum Gasteiger partial charge on any atom is 0.274 e. The Morgan fingerprint density at radius 1 is 1.07 bits per heavy atom. The van der Waals surface area contributed by atoms with Crippen molar-refractivity contribution in [2.24, 2.45) is 11.7 Å². The molecule has 1 saturated heterocycles. The molecule has 0 radical (unpaired) electrons. The number of benzene rings is 2. The van der Waals surface area contributed by atoms with Gasteiger partial charge in [-0.25, -0.2) is 17.7 Å². The molecule has 0 saturated carbocycles. The van der Waals surface area contributed by atoms with E-state index in [1.807, 2.05) is 0 Å². The number of methoxy groups -OCH3 is 3. The summed E-state index contributed by atoms with van der Waals surface area (Å²) in [5.74, 6) is -1.39. The lowest BCUT2D eigenvalue weighted by atomic mass is 9.82. The maximum atomic E-state index is 14.9. The van der Waals surface area contributed by atoms with E-state index < -0.39 is 33.3 Å². The molecule has 0 aliphatic carbocycles. The first-order chi connectivity index (χ1) is 19.1. The van der Waals surface area contributed by atoms with Crippen molar-refractivity contribution < 1.29 is 32.2 Å². The number of anilines is 1. The molecular formula is C27H27ClN4O7S. The average Bonchev–Trinajstić information content (AvgIpc) is 3.54. The van der Waals surface area contributed by atoms with Crippen LogP contribution in [0.4, 0.5) is 5.69 Å². The number of carbonyl (C=O) groups excluding carboxylic acids is 2. The molecule has 2 amide bonds. The molecule has 1 unspecified atom stereocenters. The quantitative estimate of drug-likeness (QED) is 0.421. The SMILES string of the molecule is COc1ccc(S(=O)(=O)N2C(=O)C(c3cccnc3OC)(N3CC[C@H](C(N)=O)C3)c3cc(Cl)ccc32)c(OC)c1. The predicted molar refractivity (Wildman–Crippen MR) is 146 cm³/mol. The summed E-state index contributed by atoms with van der Waals surface area (Å²) < 4.78 is 45.6. The van der Waals surface area contributed by atoms with Crippen molar-refractivity contribution in [2.45, 2.75) is 16.9 Å². The highest BCUT2D eigenvalue weighted by Gasteiger charge is 2.62. The Morgan fingerprint density at radius 2 is 1.85 bits per heavy atom. The van der Waals surface area contributed by atoms with Gasteiger partial charge in [-0.1, -0.05) is 11.6 Å². The van der Waals surface area contributed by atoms with E-state index in [0.29, 0.717) is 23.3 Å². The highest BCUT2D eigenvalue weighted by molar-refractivity contribution is 7.93. The summed E-state index contributed by atoms with van der Waals surface area (Å²) in [4.78, 5) is 32.8. The van der Waals surface area contributed by atoms with Gasteiger partial charge < -0.3 is 19.9 Å². The number of likely N-dealkylation sites (tertiary alicyclic amines) is 1. The zero-order valence-corrected chi connectivity index (χ0v) is 23.5. The van der Waals surface area contributed by atoms with E-state index in [1.54, 1.807) is 23.1 Å². The normalized spacial score (nSPS) is 20.9. The van der Waals surface area contributed by atoms with E-state index in [4.69, 9.17) is 31.5 Å². The van der Waals surface area contributed by atoms with Crippen LogP contribution in [0.2, 0.25) is 5.02 Å². The number of hydrogen-bond acceptors (Lipinski definition) is 9. The molecule has 210 valence electrons. The zero-order valence-electron chi connectivity index (χ0n) is 22.0. The Balaban J connectivity index is 1.81. The summed E-state index contributed by atoms with van der Waals surface area (Å²) in [6.45, 7) is 0.369. The van der Waals surface area contributed by atoms with Crippen LogP contribution in [0.5, 0.6) is 17.4 Å². The molecule has 11 nitrogen and oxygen atoms in total. The van der Waals surface area contributed by atoms with Gasteiger partial charge >= 0.3 is 0 Å². The van der Waals surface area contributed by atoms with E-state index in [2.05, 4.69) is 4.98 Å². The van der Waals surface area contributed by atoms with Gasteiger partial charge in [-0.05, 0) is 48.9 Å². The number of aromatic nitrogens is 1. The van der Waals surface area contributed by atoms with Crippen LogP contribution in [0.15, 0.2) is 59.6 Å². The number of nitrogens with two attached hydrogens (primary N) is 1. The second-order valence-electron chi connectivity index (χ2n) is 9.36. The van der Waals surface area contributed by atoms with E-state index in [-0.39, 0.29) is 40.3 Å². The Morgan fingerprint density at radius 3 is 2.50 bits per heavy atom. The van der Waals surface area contributed by atoms with Gasteiger partial charge in [0.25, 0.3) is 15.9 Å². The van der Waals surface area contributed by atoms with Crippen molar-refractivity contribution in [3.63, 3.8) is 0 Å². The summed E-state index contributed by atoms with van der Waals surface area (Å²) in [6.07, 6.45) is 1.88. The predicted octanol–water partition coefficient (Wildman–Crippen LogP) is 2.55. The minimum Gasteiger partial charge on any atom is -0.497 e. The summed E-state index contributed by atoms with van der Waals surface area (Å²) in [6, 6.07) is 12.0. The number of halogens is 1. The maximum absolute atomic E-state index is 14.9. The second kappa shape index (κ2) is 10.3. The van der Waals surface area contributed by atoms with Gasteiger partial charge in [-0.3, -0.25) is 14.5 Å². The minimum atomic E-state index is -4.56. The fourth-order valence-corrected chi connectivity index (χ4v) is 7.31. The minimum absolute atomic E-state index is 0.00548. The topological polar surface area (TPSA) is 141 Å². The molecule has 2 aromatic carbocycles. The average molecular weight is 587 g/mol. The lowest BCUT2D eigenvalue weighted by Crippen LogP contribution is -2.54. The van der Waals surface area contributed by atoms with E-state index >= 15 is 0 Å². The van der Waals surface area contributed by atoms with Crippen molar-refractivity contribution in [3.05, 3.63) is 70.9 Å². The van der Waals surface area contributed by atoms with Crippen LogP contribution in [0, 0.1) is 5.92 Å². The van der Waals surface area contributed by atoms with Crippen LogP contribution in [0.25, 0.3) is 0 Å². The third-order valence-corrected chi connectivity index (χ3v) is 9.34. The van der Waals surface area contributed by atoms with Gasteiger partial charge in [-0.15, -0.1) is 0 Å². The third-order valence-electron chi connectivity index (χ3n) is 7.37. The number of sulfonamides is 1. The van der Waals surface area contributed by atoms with Crippen molar-refractivity contribution in [3.8, 4) is 17.4 Å². The van der Waals surface area contributed by atoms with Crippen LogP contribution in [0.3, 0.4) is 0 Å². The van der Waals surface area contributed by atoms with Crippen LogP contribution < -0.4 is 24.2 Å². The van der Waals surface area contributed by atoms with Crippen LogP contribution >= 0.6 is 11.6 Å². The smallest absolute Gasteiger partial charge is 0.274 e. The fourth-order valence-electron chi connectivity index (χ4n) is 5.53. The van der Waals surface area contributed by atoms with Gasteiger partial charge in [-0.2, -0.15) is 0 Å². The number of carbonyl (C=O) groups is 2. The number of primary amides is 1. The molecule has 2 atom stereocenters. The Bertz CT molecular complexity index is 1620. The Kier molecular flexibility index (Phi) is 7.11. The number of hydrogen-bond donors (Lipinski definition) is 1. The standard InChI is InChI=1S/C27H27ClN4O7S/c1-37-18-7-9-23(22(14-18)38-2)40(35,36)32-21-8-6-17(28)13-20(21)27(26(32)34,19-5-4-11-30-25(19)39-3)31-12-10-16(15-31)24(29)33/h4-9,11,13-14,16H,10,12,15H2,1-3H3,(H2,29,33)/t16-,27?/m0/s1. The first-order valence-electron chi connectivity index (χ1n) is 12.3. The van der Waals surface area contributed by atoms with Crippen LogP contribution in [0.1, 0.15) is 17.5 Å². The summed E-state index contributed by atoms with van der Waals surface area (Å²) in [5.41, 5.74) is 4.59. The number of nitrogens with zero attached hydrogens (tertiary/aromatic N) is 3. The first kappa shape index (κ1) is 27.7. The molecule has 40 heavy (non-hydrogen) atoms. The van der Waals surface area contributed by atoms with Crippen molar-refractivity contribution in [2.75, 3.05) is 38.7 Å². The van der Waals surface area contributed by atoms with Gasteiger partial charge in [0.2, 0.25) is 11.8 Å². The van der Waals surface area contributed by atoms with Crippen LogP contribution in [-0.2, 0) is 25.2 Å². The number of amides is 2. The molecule has 1 fully saturated rings. The number of fused-ring (bicyclic) bond motifs is 1. The van der Waals surface area contributed by atoms with E-state index in [9.17, 15) is 18.0 Å². The van der Waals surface area contributed by atoms with Gasteiger partial charge in [0.05, 0.1) is 32.9 Å². The molecule has 2 aliphatic heterocycles. The molecule has 3 aromatic rings. The van der Waals surface area contributed by atoms with Crippen molar-refractivity contribution in [1.82, 2.24) is 9.88 Å². The fraction of sp³-hybridized carbons (Fsp3) is 0.296. The van der Waals surface area contributed by atoms with E-state index in [1.165, 1.54) is 57.9 Å². The zero-order chi connectivity index (χ0) is 28.8. The highest BCUT2D eigenvalue weighted by Crippen LogP contribution is 2.54. The van der Waals surface area contributed by atoms with Gasteiger partial charge in [0.15, 0.2) is 5.54 Å². The molecule has 13 heteroatoms. The lowest BCUT2D eigenvalue weighted by Gasteiger charge is -2.38. The molecule has 3 heterocycles. The Hall–Kier alpha value is -3.87. The molecule has 0 bridgehead atoms.